The number of fused-ring (bicyclic) bond motifs is 1. The molecule has 0 fully saturated rings. The van der Waals surface area contributed by atoms with E-state index in [0.29, 0.717) is 22.9 Å². The number of aromatic nitrogens is 3. The van der Waals surface area contributed by atoms with Gasteiger partial charge in [0.1, 0.15) is 29.5 Å². The zero-order chi connectivity index (χ0) is 18.1. The van der Waals surface area contributed by atoms with Gasteiger partial charge in [0.05, 0.1) is 5.69 Å². The number of benzene rings is 2. The summed E-state index contributed by atoms with van der Waals surface area (Å²) in [5.74, 6) is 1.47. The fourth-order valence-electron chi connectivity index (χ4n) is 2.83. The molecule has 5 nitrogen and oxygen atoms in total. The number of hydrogen-bond donors (Lipinski definition) is 1. The van der Waals surface area contributed by atoms with Crippen molar-refractivity contribution in [2.75, 3.05) is 5.73 Å². The van der Waals surface area contributed by atoms with Crippen LogP contribution in [0.25, 0.3) is 16.7 Å². The summed E-state index contributed by atoms with van der Waals surface area (Å²) in [6.45, 7) is 2.13. The van der Waals surface area contributed by atoms with E-state index in [4.69, 9.17) is 10.5 Å². The van der Waals surface area contributed by atoms with Crippen LogP contribution in [0.15, 0.2) is 60.7 Å². The molecule has 0 saturated carbocycles. The molecule has 0 saturated heterocycles. The normalized spacial score (nSPS) is 11.0. The van der Waals surface area contributed by atoms with Crippen LogP contribution in [0, 0.1) is 12.7 Å². The second-order valence-electron chi connectivity index (χ2n) is 6.04. The largest absolute Gasteiger partial charge is 0.487 e. The first-order valence-corrected chi connectivity index (χ1v) is 8.20. The Morgan fingerprint density at radius 3 is 2.69 bits per heavy atom. The summed E-state index contributed by atoms with van der Waals surface area (Å²) in [6, 6.07) is 17.6. The van der Waals surface area contributed by atoms with Crippen LogP contribution in [-0.2, 0) is 6.61 Å². The van der Waals surface area contributed by atoms with Crippen LogP contribution in [0.1, 0.15) is 11.3 Å². The summed E-state index contributed by atoms with van der Waals surface area (Å²) < 4.78 is 20.8. The molecule has 2 heterocycles. The first-order valence-electron chi connectivity index (χ1n) is 8.20. The Balaban J connectivity index is 1.70. The third-order valence-corrected chi connectivity index (χ3v) is 4.03. The zero-order valence-electron chi connectivity index (χ0n) is 14.2. The number of para-hydroxylation sites is 1. The van der Waals surface area contributed by atoms with Crippen molar-refractivity contribution in [1.29, 1.82) is 0 Å². The average Bonchev–Trinajstić information content (AvgIpc) is 2.98. The van der Waals surface area contributed by atoms with Crippen molar-refractivity contribution >= 4 is 16.7 Å². The second kappa shape index (κ2) is 6.48. The smallest absolute Gasteiger partial charge is 0.156 e. The first kappa shape index (κ1) is 16.1. The third-order valence-electron chi connectivity index (χ3n) is 4.03. The summed E-state index contributed by atoms with van der Waals surface area (Å²) in [7, 11) is 0. The van der Waals surface area contributed by atoms with Crippen LogP contribution >= 0.6 is 0 Å². The summed E-state index contributed by atoms with van der Waals surface area (Å²) in [6.07, 6.45) is 0. The lowest BCUT2D eigenvalue weighted by Crippen LogP contribution is -2.04. The van der Waals surface area contributed by atoms with E-state index >= 15 is 0 Å². The van der Waals surface area contributed by atoms with Crippen LogP contribution in [0.4, 0.5) is 10.2 Å². The Kier molecular flexibility index (Phi) is 4.01. The second-order valence-corrected chi connectivity index (χ2v) is 6.04. The molecule has 130 valence electrons. The van der Waals surface area contributed by atoms with Gasteiger partial charge in [0.25, 0.3) is 0 Å². The van der Waals surface area contributed by atoms with E-state index in [2.05, 4.69) is 10.1 Å². The minimum atomic E-state index is -0.283. The standard InChI is InChI=1S/C20H17FN4O/c1-13-10-18(22)25(24-13)19-9-8-15-5-3-7-17(20(15)23-19)26-12-14-4-2-6-16(21)11-14/h2-11H,12,22H2,1H3. The molecule has 0 aliphatic rings. The van der Waals surface area contributed by atoms with Crippen molar-refractivity contribution in [3.05, 3.63) is 77.7 Å². The van der Waals surface area contributed by atoms with Crippen LogP contribution in [0.3, 0.4) is 0 Å². The molecule has 2 N–H and O–H groups in total. The lowest BCUT2D eigenvalue weighted by atomic mass is 10.2. The minimum absolute atomic E-state index is 0.256. The van der Waals surface area contributed by atoms with Gasteiger partial charge in [0.2, 0.25) is 0 Å². The Morgan fingerprint density at radius 1 is 1.08 bits per heavy atom. The minimum Gasteiger partial charge on any atom is -0.487 e. The number of ether oxygens (including phenoxy) is 1. The summed E-state index contributed by atoms with van der Waals surface area (Å²) >= 11 is 0. The van der Waals surface area contributed by atoms with E-state index in [0.717, 1.165) is 16.6 Å². The van der Waals surface area contributed by atoms with Gasteiger partial charge in [0, 0.05) is 11.5 Å². The van der Waals surface area contributed by atoms with E-state index in [-0.39, 0.29) is 12.4 Å². The maximum Gasteiger partial charge on any atom is 0.156 e. The SMILES string of the molecule is Cc1cc(N)n(-c2ccc3cccc(OCc4cccc(F)c4)c3n2)n1. The predicted molar refractivity (Wildman–Crippen MR) is 98.7 cm³/mol. The fraction of sp³-hybridized carbons (Fsp3) is 0.100. The van der Waals surface area contributed by atoms with Crippen molar-refractivity contribution in [1.82, 2.24) is 14.8 Å². The Bertz CT molecular complexity index is 1090. The highest BCUT2D eigenvalue weighted by Crippen LogP contribution is 2.26. The number of pyridine rings is 1. The van der Waals surface area contributed by atoms with Gasteiger partial charge in [-0.2, -0.15) is 9.78 Å². The highest BCUT2D eigenvalue weighted by atomic mass is 19.1. The number of hydrogen-bond acceptors (Lipinski definition) is 4. The number of anilines is 1. The molecule has 2 aromatic carbocycles. The number of nitrogens with zero attached hydrogens (tertiary/aromatic N) is 3. The monoisotopic (exact) mass is 348 g/mol. The van der Waals surface area contributed by atoms with Crippen LogP contribution in [0.5, 0.6) is 5.75 Å². The highest BCUT2D eigenvalue weighted by Gasteiger charge is 2.10. The Morgan fingerprint density at radius 2 is 1.92 bits per heavy atom. The van der Waals surface area contributed by atoms with Crippen molar-refractivity contribution in [3.63, 3.8) is 0 Å². The van der Waals surface area contributed by atoms with Gasteiger partial charge < -0.3 is 10.5 Å². The number of rotatable bonds is 4. The van der Waals surface area contributed by atoms with Crippen molar-refractivity contribution in [2.24, 2.45) is 0 Å². The molecular formula is C20H17FN4O. The summed E-state index contributed by atoms with van der Waals surface area (Å²) in [5.41, 5.74) is 8.28. The lowest BCUT2D eigenvalue weighted by molar-refractivity contribution is 0.308. The lowest BCUT2D eigenvalue weighted by Gasteiger charge is -2.10. The maximum absolute atomic E-state index is 13.3. The molecule has 0 unspecified atom stereocenters. The average molecular weight is 348 g/mol. The third kappa shape index (κ3) is 3.09. The van der Waals surface area contributed by atoms with Gasteiger partial charge in [-0.25, -0.2) is 9.37 Å². The highest BCUT2D eigenvalue weighted by molar-refractivity contribution is 5.85. The van der Waals surface area contributed by atoms with Crippen molar-refractivity contribution in [2.45, 2.75) is 13.5 Å². The molecule has 4 rings (SSSR count). The molecule has 26 heavy (non-hydrogen) atoms. The number of nitrogen functional groups attached to an aromatic ring is 1. The molecule has 4 aromatic rings. The van der Waals surface area contributed by atoms with Crippen molar-refractivity contribution < 1.29 is 9.13 Å². The Labute approximate surface area is 149 Å². The molecule has 2 aromatic heterocycles. The van der Waals surface area contributed by atoms with Gasteiger partial charge in [-0.3, -0.25) is 0 Å². The zero-order valence-corrected chi connectivity index (χ0v) is 14.2. The van der Waals surface area contributed by atoms with Gasteiger partial charge in [0.15, 0.2) is 5.82 Å². The molecule has 6 heteroatoms. The number of aryl methyl sites for hydroxylation is 1. The van der Waals surface area contributed by atoms with Crippen LogP contribution in [-0.4, -0.2) is 14.8 Å². The van der Waals surface area contributed by atoms with Gasteiger partial charge in [-0.15, -0.1) is 0 Å². The van der Waals surface area contributed by atoms with E-state index in [1.807, 2.05) is 43.3 Å². The maximum atomic E-state index is 13.3. The summed E-state index contributed by atoms with van der Waals surface area (Å²) in [4.78, 5) is 4.67. The van der Waals surface area contributed by atoms with Gasteiger partial charge in [-0.05, 0) is 42.8 Å². The molecule has 0 radical (unpaired) electrons. The molecule has 0 spiro atoms. The van der Waals surface area contributed by atoms with Crippen LogP contribution in [0.2, 0.25) is 0 Å². The van der Waals surface area contributed by atoms with Crippen molar-refractivity contribution in [3.8, 4) is 11.6 Å². The van der Waals surface area contributed by atoms with E-state index in [1.165, 1.54) is 12.1 Å². The molecule has 0 bridgehead atoms. The molecule has 0 aliphatic carbocycles. The first-order chi connectivity index (χ1) is 12.6. The topological polar surface area (TPSA) is 66.0 Å². The summed E-state index contributed by atoms with van der Waals surface area (Å²) in [5, 5.41) is 5.30. The molecule has 0 amide bonds. The van der Waals surface area contributed by atoms with Gasteiger partial charge >= 0.3 is 0 Å². The Hall–Kier alpha value is -3.41. The quantitative estimate of drug-likeness (QED) is 0.605. The van der Waals surface area contributed by atoms with E-state index in [1.54, 1.807) is 16.8 Å². The number of nitrogens with two attached hydrogens (primary N) is 1. The van der Waals surface area contributed by atoms with Crippen LogP contribution < -0.4 is 10.5 Å². The number of halogens is 1. The van der Waals surface area contributed by atoms with E-state index in [9.17, 15) is 4.39 Å². The fourth-order valence-corrected chi connectivity index (χ4v) is 2.83. The van der Waals surface area contributed by atoms with E-state index < -0.39 is 0 Å². The molecule has 0 aliphatic heterocycles. The van der Waals surface area contributed by atoms with Gasteiger partial charge in [-0.1, -0.05) is 24.3 Å². The predicted octanol–water partition coefficient (Wildman–Crippen LogP) is 4.03. The molecule has 0 atom stereocenters. The molecular weight excluding hydrogens is 331 g/mol.